The van der Waals surface area contributed by atoms with Crippen LogP contribution in [0, 0.1) is 0 Å². The van der Waals surface area contributed by atoms with Gasteiger partial charge < -0.3 is 19.9 Å². The van der Waals surface area contributed by atoms with Crippen molar-refractivity contribution in [3.63, 3.8) is 0 Å². The molecule has 1 aliphatic heterocycles. The van der Waals surface area contributed by atoms with Crippen LogP contribution in [0.1, 0.15) is 32.1 Å². The fourth-order valence-corrected chi connectivity index (χ4v) is 4.03. The van der Waals surface area contributed by atoms with Gasteiger partial charge in [-0.15, -0.1) is 5.10 Å². The van der Waals surface area contributed by atoms with E-state index >= 15 is 0 Å². The van der Waals surface area contributed by atoms with Crippen molar-refractivity contribution in [3.8, 4) is 5.75 Å². The first kappa shape index (κ1) is 19.5. The fraction of sp³-hybridized carbons (Fsp3) is 0.500. The van der Waals surface area contributed by atoms with Crippen LogP contribution in [-0.2, 0) is 0 Å². The number of hydrogen-bond acceptors (Lipinski definition) is 7. The molecule has 1 aromatic carbocycles. The van der Waals surface area contributed by atoms with E-state index in [2.05, 4.69) is 48.5 Å². The third-order valence-electron chi connectivity index (χ3n) is 5.67. The van der Waals surface area contributed by atoms with Crippen molar-refractivity contribution >= 4 is 17.5 Å². The summed E-state index contributed by atoms with van der Waals surface area (Å²) in [6.07, 6.45) is 10.3. The van der Waals surface area contributed by atoms with Crippen molar-refractivity contribution in [1.29, 1.82) is 0 Å². The van der Waals surface area contributed by atoms with Crippen molar-refractivity contribution in [2.24, 2.45) is 0 Å². The molecule has 2 heterocycles. The van der Waals surface area contributed by atoms with Gasteiger partial charge in [-0.25, -0.2) is 0 Å². The number of rotatable bonds is 7. The van der Waals surface area contributed by atoms with Crippen LogP contribution >= 0.6 is 0 Å². The van der Waals surface area contributed by atoms with E-state index in [-0.39, 0.29) is 0 Å². The van der Waals surface area contributed by atoms with Gasteiger partial charge in [-0.1, -0.05) is 23.8 Å². The Morgan fingerprint density at radius 1 is 1.07 bits per heavy atom. The first-order chi connectivity index (χ1) is 14.3. The van der Waals surface area contributed by atoms with Gasteiger partial charge in [-0.05, 0) is 44.2 Å². The van der Waals surface area contributed by atoms with Gasteiger partial charge >= 0.3 is 0 Å². The van der Waals surface area contributed by atoms with Crippen LogP contribution in [0.4, 0.5) is 17.5 Å². The van der Waals surface area contributed by atoms with Gasteiger partial charge in [0.25, 0.3) is 0 Å². The summed E-state index contributed by atoms with van der Waals surface area (Å²) in [5.41, 5.74) is 2.71. The zero-order chi connectivity index (χ0) is 19.9. The fourth-order valence-electron chi connectivity index (χ4n) is 4.03. The molecule has 0 saturated carbocycles. The molecule has 1 fully saturated rings. The smallest absolute Gasteiger partial charge is 0.247 e. The monoisotopic (exact) mass is 394 g/mol. The van der Waals surface area contributed by atoms with Gasteiger partial charge in [0.15, 0.2) is 5.82 Å². The van der Waals surface area contributed by atoms with E-state index in [1.165, 1.54) is 25.7 Å². The molecule has 4 rings (SSSR count). The predicted molar refractivity (Wildman–Crippen MR) is 117 cm³/mol. The molecule has 1 N–H and O–H groups in total. The van der Waals surface area contributed by atoms with Crippen molar-refractivity contribution in [2.75, 3.05) is 55.0 Å². The number of para-hydroxylation sites is 2. The number of nitrogens with one attached hydrogen (secondary N) is 1. The maximum atomic E-state index is 5.50. The number of piperazine rings is 1. The number of anilines is 3. The van der Waals surface area contributed by atoms with E-state index in [0.717, 1.165) is 56.4 Å². The average molecular weight is 395 g/mol. The van der Waals surface area contributed by atoms with E-state index in [4.69, 9.17) is 4.74 Å². The number of allylic oxidation sites excluding steroid dienone is 1. The van der Waals surface area contributed by atoms with Crippen LogP contribution in [0.5, 0.6) is 5.75 Å². The highest BCUT2D eigenvalue weighted by atomic mass is 16.5. The molecule has 29 heavy (non-hydrogen) atoms. The predicted octanol–water partition coefficient (Wildman–Crippen LogP) is 3.51. The molecular weight excluding hydrogens is 364 g/mol. The molecule has 0 unspecified atom stereocenters. The second kappa shape index (κ2) is 9.58. The number of hydrogen-bond donors (Lipinski definition) is 1. The Balaban J connectivity index is 1.31. The molecule has 7 nitrogen and oxygen atoms in total. The van der Waals surface area contributed by atoms with Crippen molar-refractivity contribution < 1.29 is 4.74 Å². The summed E-state index contributed by atoms with van der Waals surface area (Å²) in [5, 5.41) is 11.8. The topological polar surface area (TPSA) is 66.4 Å². The molecule has 1 aliphatic carbocycles. The highest BCUT2D eigenvalue weighted by Crippen LogP contribution is 2.28. The molecule has 0 bridgehead atoms. The first-order valence-electron chi connectivity index (χ1n) is 10.6. The molecule has 0 atom stereocenters. The van der Waals surface area contributed by atoms with Gasteiger partial charge in [0.1, 0.15) is 5.75 Å². The SMILES string of the molecule is COc1ccccc1N1CCN(c2nncc(NCCC3=CCCCC3)n2)CC1. The van der Waals surface area contributed by atoms with E-state index in [9.17, 15) is 0 Å². The minimum Gasteiger partial charge on any atom is -0.495 e. The third kappa shape index (κ3) is 4.96. The van der Waals surface area contributed by atoms with Crippen molar-refractivity contribution in [1.82, 2.24) is 15.2 Å². The summed E-state index contributed by atoms with van der Waals surface area (Å²) in [5.74, 6) is 2.42. The number of aromatic nitrogens is 3. The summed E-state index contributed by atoms with van der Waals surface area (Å²) in [6, 6.07) is 8.17. The maximum absolute atomic E-state index is 5.50. The lowest BCUT2D eigenvalue weighted by Gasteiger charge is -2.36. The molecule has 2 aromatic rings. The Bertz CT molecular complexity index is 832. The molecule has 1 aromatic heterocycles. The molecule has 7 heteroatoms. The zero-order valence-electron chi connectivity index (χ0n) is 17.2. The standard InChI is InChI=1S/C22H30N6O/c1-29-20-10-6-5-9-19(20)27-13-15-28(16-14-27)22-25-21(17-24-26-22)23-12-11-18-7-3-2-4-8-18/h5-7,9-10,17H,2-4,8,11-16H2,1H3,(H,23,25,26). The number of ether oxygens (including phenoxy) is 1. The largest absolute Gasteiger partial charge is 0.495 e. The summed E-state index contributed by atoms with van der Waals surface area (Å²) in [4.78, 5) is 9.24. The average Bonchev–Trinajstić information content (AvgIpc) is 2.80. The van der Waals surface area contributed by atoms with Crippen LogP contribution in [0.25, 0.3) is 0 Å². The Morgan fingerprint density at radius 2 is 1.90 bits per heavy atom. The minimum atomic E-state index is 0.701. The highest BCUT2D eigenvalue weighted by Gasteiger charge is 2.21. The highest BCUT2D eigenvalue weighted by molar-refractivity contribution is 5.59. The van der Waals surface area contributed by atoms with E-state index in [1.807, 2.05) is 12.1 Å². The molecule has 154 valence electrons. The third-order valence-corrected chi connectivity index (χ3v) is 5.67. The van der Waals surface area contributed by atoms with Crippen molar-refractivity contribution in [2.45, 2.75) is 32.1 Å². The van der Waals surface area contributed by atoms with E-state index in [0.29, 0.717) is 5.95 Å². The number of benzene rings is 1. The summed E-state index contributed by atoms with van der Waals surface area (Å²) in [7, 11) is 1.72. The first-order valence-corrected chi connectivity index (χ1v) is 10.6. The van der Waals surface area contributed by atoms with Crippen LogP contribution in [0.15, 0.2) is 42.1 Å². The summed E-state index contributed by atoms with van der Waals surface area (Å²) >= 11 is 0. The zero-order valence-corrected chi connectivity index (χ0v) is 17.2. The molecule has 0 radical (unpaired) electrons. The van der Waals surface area contributed by atoms with Gasteiger partial charge in [0.05, 0.1) is 19.0 Å². The number of nitrogens with zero attached hydrogens (tertiary/aromatic N) is 5. The van der Waals surface area contributed by atoms with Gasteiger partial charge in [0.2, 0.25) is 5.95 Å². The quantitative estimate of drug-likeness (QED) is 0.721. The maximum Gasteiger partial charge on any atom is 0.247 e. The Labute approximate surface area is 172 Å². The molecule has 1 saturated heterocycles. The van der Waals surface area contributed by atoms with Crippen LogP contribution < -0.4 is 19.9 Å². The molecule has 2 aliphatic rings. The summed E-state index contributed by atoms with van der Waals surface area (Å²) in [6.45, 7) is 4.41. The van der Waals surface area contributed by atoms with Gasteiger partial charge in [-0.2, -0.15) is 10.1 Å². The summed E-state index contributed by atoms with van der Waals surface area (Å²) < 4.78 is 5.50. The molecule has 0 spiro atoms. The van der Waals surface area contributed by atoms with Gasteiger partial charge in [-0.3, -0.25) is 0 Å². The molecule has 0 amide bonds. The minimum absolute atomic E-state index is 0.701. The van der Waals surface area contributed by atoms with E-state index in [1.54, 1.807) is 18.9 Å². The lowest BCUT2D eigenvalue weighted by molar-refractivity contribution is 0.413. The lowest BCUT2D eigenvalue weighted by atomic mass is 9.97. The second-order valence-corrected chi connectivity index (χ2v) is 7.57. The van der Waals surface area contributed by atoms with Crippen molar-refractivity contribution in [3.05, 3.63) is 42.1 Å². The van der Waals surface area contributed by atoms with Crippen LogP contribution in [0.2, 0.25) is 0 Å². The molecular formula is C22H30N6O. The Kier molecular flexibility index (Phi) is 6.44. The second-order valence-electron chi connectivity index (χ2n) is 7.57. The van der Waals surface area contributed by atoms with Crippen LogP contribution in [-0.4, -0.2) is 55.0 Å². The number of methoxy groups -OCH3 is 1. The Hall–Kier alpha value is -2.83. The van der Waals surface area contributed by atoms with Gasteiger partial charge in [0, 0.05) is 32.7 Å². The lowest BCUT2D eigenvalue weighted by Crippen LogP contribution is -2.47. The Morgan fingerprint density at radius 3 is 2.69 bits per heavy atom. The van der Waals surface area contributed by atoms with E-state index < -0.39 is 0 Å². The normalized spacial score (nSPS) is 17.1. The van der Waals surface area contributed by atoms with Crippen LogP contribution in [0.3, 0.4) is 0 Å².